The van der Waals surface area contributed by atoms with Crippen LogP contribution >= 0.6 is 0 Å². The lowest BCUT2D eigenvalue weighted by Gasteiger charge is -2.32. The molecule has 0 aliphatic heterocycles. The zero-order valence-corrected chi connectivity index (χ0v) is 7.97. The fraction of sp³-hybridized carbons (Fsp3) is 1.00. The van der Waals surface area contributed by atoms with Crippen molar-refractivity contribution >= 4 is 0 Å². The van der Waals surface area contributed by atoms with E-state index in [2.05, 4.69) is 12.3 Å². The Balaban J connectivity index is 1.81. The van der Waals surface area contributed by atoms with Crippen molar-refractivity contribution in [3.63, 3.8) is 0 Å². The average molecular weight is 168 g/mol. The zero-order chi connectivity index (χ0) is 8.60. The molecule has 0 amide bonds. The van der Waals surface area contributed by atoms with Gasteiger partial charge in [0.15, 0.2) is 0 Å². The molecule has 0 spiro atoms. The molecule has 12 heavy (non-hydrogen) atoms. The molecule has 0 aromatic heterocycles. The van der Waals surface area contributed by atoms with Crippen LogP contribution in [0.4, 0.5) is 0 Å². The maximum absolute atomic E-state index is 5.58. The zero-order valence-electron chi connectivity index (χ0n) is 7.97. The Labute approximate surface area is 74.9 Å². The van der Waals surface area contributed by atoms with E-state index in [-0.39, 0.29) is 0 Å². The van der Waals surface area contributed by atoms with Gasteiger partial charge in [-0.1, -0.05) is 26.2 Å². The van der Waals surface area contributed by atoms with Crippen LogP contribution in [0.1, 0.15) is 45.4 Å². The van der Waals surface area contributed by atoms with E-state index in [9.17, 15) is 0 Å². The molecule has 2 fully saturated rings. The first-order chi connectivity index (χ1) is 5.74. The Morgan fingerprint density at radius 2 is 2.17 bits per heavy atom. The third-order valence-electron chi connectivity index (χ3n) is 3.87. The average Bonchev–Trinajstić information content (AvgIpc) is 2.67. The molecule has 0 saturated heterocycles. The first-order valence-electron chi connectivity index (χ1n) is 5.21. The summed E-state index contributed by atoms with van der Waals surface area (Å²) in [6.45, 7) is 2.36. The number of hydrogen-bond donors (Lipinski definition) is 2. The summed E-state index contributed by atoms with van der Waals surface area (Å²) in [6.07, 6.45) is 8.37. The minimum absolute atomic E-state index is 0.546. The predicted octanol–water partition coefficient (Wildman–Crippen LogP) is 1.81. The highest BCUT2D eigenvalue weighted by Gasteiger charge is 2.45. The fourth-order valence-corrected chi connectivity index (χ4v) is 2.16. The Morgan fingerprint density at radius 1 is 1.50 bits per heavy atom. The van der Waals surface area contributed by atoms with Crippen molar-refractivity contribution in [1.29, 1.82) is 0 Å². The number of hydrazine groups is 1. The summed E-state index contributed by atoms with van der Waals surface area (Å²) in [6, 6.07) is 0.586. The second kappa shape index (κ2) is 3.00. The molecule has 70 valence electrons. The van der Waals surface area contributed by atoms with Crippen LogP contribution in [-0.2, 0) is 0 Å². The van der Waals surface area contributed by atoms with E-state index in [1.165, 1.54) is 38.5 Å². The first kappa shape index (κ1) is 8.52. The third-order valence-corrected chi connectivity index (χ3v) is 3.87. The van der Waals surface area contributed by atoms with Gasteiger partial charge in [0.1, 0.15) is 0 Å². The van der Waals surface area contributed by atoms with Crippen molar-refractivity contribution in [2.75, 3.05) is 0 Å². The highest BCUT2D eigenvalue weighted by atomic mass is 15.2. The normalized spacial score (nSPS) is 29.5. The standard InChI is InChI=1S/C10H20N2/c1-10(5-6-10)9(12-11)7-8-3-2-4-8/h8-9,12H,2-7,11H2,1H3. The largest absolute Gasteiger partial charge is 0.271 e. The van der Waals surface area contributed by atoms with Gasteiger partial charge in [-0.25, -0.2) is 0 Å². The van der Waals surface area contributed by atoms with Gasteiger partial charge in [0.2, 0.25) is 0 Å². The van der Waals surface area contributed by atoms with E-state index in [0.29, 0.717) is 11.5 Å². The van der Waals surface area contributed by atoms with Crippen LogP contribution in [0, 0.1) is 11.3 Å². The van der Waals surface area contributed by atoms with Crippen LogP contribution in [-0.4, -0.2) is 6.04 Å². The second-order valence-corrected chi connectivity index (χ2v) is 4.91. The highest BCUT2D eigenvalue weighted by molar-refractivity contribution is 4.99. The number of nitrogens with two attached hydrogens (primary N) is 1. The minimum Gasteiger partial charge on any atom is -0.271 e. The Morgan fingerprint density at radius 3 is 2.50 bits per heavy atom. The summed E-state index contributed by atoms with van der Waals surface area (Å²) in [4.78, 5) is 0. The van der Waals surface area contributed by atoms with Gasteiger partial charge in [0.25, 0.3) is 0 Å². The van der Waals surface area contributed by atoms with E-state index in [4.69, 9.17) is 5.84 Å². The van der Waals surface area contributed by atoms with Crippen molar-refractivity contribution in [3.8, 4) is 0 Å². The van der Waals surface area contributed by atoms with Crippen molar-refractivity contribution < 1.29 is 0 Å². The van der Waals surface area contributed by atoms with Crippen molar-refractivity contribution in [1.82, 2.24) is 5.43 Å². The maximum atomic E-state index is 5.58. The van der Waals surface area contributed by atoms with Crippen molar-refractivity contribution in [2.24, 2.45) is 17.2 Å². The molecule has 2 aliphatic rings. The summed E-state index contributed by atoms with van der Waals surface area (Å²) in [7, 11) is 0. The number of nitrogens with one attached hydrogen (secondary N) is 1. The summed E-state index contributed by atoms with van der Waals surface area (Å²) in [5, 5.41) is 0. The molecule has 1 atom stereocenters. The molecular formula is C10H20N2. The first-order valence-corrected chi connectivity index (χ1v) is 5.21. The molecule has 0 heterocycles. The molecule has 0 aromatic rings. The van der Waals surface area contributed by atoms with Gasteiger partial charge in [-0.15, -0.1) is 0 Å². The summed E-state index contributed by atoms with van der Waals surface area (Å²) >= 11 is 0. The highest BCUT2D eigenvalue weighted by Crippen LogP contribution is 2.50. The molecular weight excluding hydrogens is 148 g/mol. The van der Waals surface area contributed by atoms with Crippen LogP contribution in [0.15, 0.2) is 0 Å². The third kappa shape index (κ3) is 1.50. The quantitative estimate of drug-likeness (QED) is 0.496. The van der Waals surface area contributed by atoms with E-state index >= 15 is 0 Å². The van der Waals surface area contributed by atoms with Gasteiger partial charge in [0, 0.05) is 6.04 Å². The van der Waals surface area contributed by atoms with Crippen LogP contribution < -0.4 is 11.3 Å². The van der Waals surface area contributed by atoms with Crippen LogP contribution in [0.25, 0.3) is 0 Å². The van der Waals surface area contributed by atoms with Gasteiger partial charge in [0.05, 0.1) is 0 Å². The molecule has 2 nitrogen and oxygen atoms in total. The second-order valence-electron chi connectivity index (χ2n) is 4.91. The van der Waals surface area contributed by atoms with Crippen molar-refractivity contribution in [2.45, 2.75) is 51.5 Å². The van der Waals surface area contributed by atoms with E-state index in [1.807, 2.05) is 0 Å². The fourth-order valence-electron chi connectivity index (χ4n) is 2.16. The Bertz CT molecular complexity index is 159. The SMILES string of the molecule is CC1(C(CC2CCC2)NN)CC1. The Hall–Kier alpha value is -0.0800. The summed E-state index contributed by atoms with van der Waals surface area (Å²) in [5.41, 5.74) is 3.55. The molecule has 2 aliphatic carbocycles. The lowest BCUT2D eigenvalue weighted by Crippen LogP contribution is -2.43. The monoisotopic (exact) mass is 168 g/mol. The van der Waals surface area contributed by atoms with Crippen LogP contribution in [0.3, 0.4) is 0 Å². The van der Waals surface area contributed by atoms with E-state index in [0.717, 1.165) is 5.92 Å². The number of rotatable bonds is 4. The predicted molar refractivity (Wildman–Crippen MR) is 50.4 cm³/mol. The van der Waals surface area contributed by atoms with Crippen LogP contribution in [0.5, 0.6) is 0 Å². The topological polar surface area (TPSA) is 38.0 Å². The number of hydrogen-bond acceptors (Lipinski definition) is 2. The van der Waals surface area contributed by atoms with Gasteiger partial charge in [-0.2, -0.15) is 0 Å². The van der Waals surface area contributed by atoms with Gasteiger partial charge < -0.3 is 0 Å². The van der Waals surface area contributed by atoms with E-state index in [1.54, 1.807) is 0 Å². The molecule has 0 bridgehead atoms. The smallest absolute Gasteiger partial charge is 0.0266 e. The van der Waals surface area contributed by atoms with Gasteiger partial charge in [-0.05, 0) is 30.6 Å². The lowest BCUT2D eigenvalue weighted by atomic mass is 9.78. The molecule has 0 radical (unpaired) electrons. The molecule has 0 aromatic carbocycles. The lowest BCUT2D eigenvalue weighted by molar-refractivity contribution is 0.220. The van der Waals surface area contributed by atoms with E-state index < -0.39 is 0 Å². The maximum Gasteiger partial charge on any atom is 0.0266 e. The molecule has 3 N–H and O–H groups in total. The summed E-state index contributed by atoms with van der Waals surface area (Å²) < 4.78 is 0. The van der Waals surface area contributed by atoms with Crippen molar-refractivity contribution in [3.05, 3.63) is 0 Å². The van der Waals surface area contributed by atoms with Crippen LogP contribution in [0.2, 0.25) is 0 Å². The molecule has 1 unspecified atom stereocenters. The minimum atomic E-state index is 0.546. The van der Waals surface area contributed by atoms with Gasteiger partial charge >= 0.3 is 0 Å². The Kier molecular flexibility index (Phi) is 2.13. The molecule has 2 saturated carbocycles. The van der Waals surface area contributed by atoms with Gasteiger partial charge in [-0.3, -0.25) is 11.3 Å². The molecule has 2 heteroatoms. The summed E-state index contributed by atoms with van der Waals surface area (Å²) in [5.74, 6) is 6.55. The molecule has 2 rings (SSSR count).